The van der Waals surface area contributed by atoms with Crippen LogP contribution >= 0.6 is 0 Å². The fourth-order valence-corrected chi connectivity index (χ4v) is 4.81. The van der Waals surface area contributed by atoms with Crippen molar-refractivity contribution in [3.8, 4) is 5.75 Å². The molecule has 0 radical (unpaired) electrons. The third-order valence-electron chi connectivity index (χ3n) is 6.77. The summed E-state index contributed by atoms with van der Waals surface area (Å²) in [5.41, 5.74) is 8.44. The monoisotopic (exact) mass is 550 g/mol. The summed E-state index contributed by atoms with van der Waals surface area (Å²) in [6.07, 6.45) is 5.15. The lowest BCUT2D eigenvalue weighted by atomic mass is 10.1. The van der Waals surface area contributed by atoms with E-state index >= 15 is 0 Å². The summed E-state index contributed by atoms with van der Waals surface area (Å²) >= 11 is 0. The van der Waals surface area contributed by atoms with E-state index in [1.807, 2.05) is 38.3 Å². The lowest BCUT2D eigenvalue weighted by Crippen LogP contribution is -2.44. The third kappa shape index (κ3) is 6.44. The molecule has 0 spiro atoms. The molecule has 1 fully saturated rings. The Balaban J connectivity index is 0.00000216. The molecule has 2 aromatic heterocycles. The normalized spacial score (nSPS) is 14.8. The molecule has 1 saturated heterocycles. The molecule has 0 aliphatic carbocycles. The Morgan fingerprint density at radius 1 is 1.23 bits per heavy atom. The predicted octanol–water partition coefficient (Wildman–Crippen LogP) is 3.71. The number of aromatic nitrogens is 3. The van der Waals surface area contributed by atoms with Gasteiger partial charge in [0.05, 0.1) is 20.0 Å². The van der Waals surface area contributed by atoms with Crippen LogP contribution in [0.15, 0.2) is 47.0 Å². The number of nitrogens with two attached hydrogens (primary N) is 1. The van der Waals surface area contributed by atoms with E-state index in [0.29, 0.717) is 46.8 Å². The summed E-state index contributed by atoms with van der Waals surface area (Å²) in [6.45, 7) is 9.44. The van der Waals surface area contributed by atoms with Crippen molar-refractivity contribution >= 4 is 28.5 Å². The van der Waals surface area contributed by atoms with E-state index in [1.54, 1.807) is 38.4 Å². The first-order valence-corrected chi connectivity index (χ1v) is 13.8. The zero-order valence-electron chi connectivity index (χ0n) is 24.7. The van der Waals surface area contributed by atoms with Crippen LogP contribution in [0.4, 0.5) is 5.82 Å². The molecule has 1 aromatic carbocycles. The minimum Gasteiger partial charge on any atom is -0.497 e. The van der Waals surface area contributed by atoms with E-state index in [2.05, 4.69) is 9.88 Å². The number of allylic oxidation sites excluding steroid dienone is 2. The number of fused-ring (bicyclic) bond motifs is 1. The van der Waals surface area contributed by atoms with Crippen molar-refractivity contribution in [3.05, 3.63) is 63.7 Å². The molecule has 3 aromatic rings. The quantitative estimate of drug-likeness (QED) is 0.336. The van der Waals surface area contributed by atoms with Gasteiger partial charge in [-0.2, -0.15) is 0 Å². The number of rotatable bonds is 8. The topological polar surface area (TPSA) is 116 Å². The zero-order chi connectivity index (χ0) is 29.6. The number of benzene rings is 1. The minimum atomic E-state index is -0.381. The van der Waals surface area contributed by atoms with Gasteiger partial charge in [-0.25, -0.2) is 4.98 Å². The summed E-state index contributed by atoms with van der Waals surface area (Å²) in [6, 6.07) is 6.78. The van der Waals surface area contributed by atoms with E-state index in [4.69, 9.17) is 10.5 Å². The number of hydrogen-bond donors (Lipinski definition) is 1. The number of Topliss-reactive ketones (excluding diaryl/α,β-unsaturated/α-hetero) is 1. The fourth-order valence-electron chi connectivity index (χ4n) is 4.81. The van der Waals surface area contributed by atoms with Crippen molar-refractivity contribution in [1.29, 1.82) is 0 Å². The van der Waals surface area contributed by atoms with Crippen LogP contribution in [0, 0.1) is 0 Å². The molecule has 0 bridgehead atoms. The standard InChI is InChI=1S/C28H36N6O4.C2H6/c1-18(2)11-13-34-25-24(23(27(36)31(3)4)26(34)32-12-7-9-20(29)15-32)30-17-33(28(25)37)16-22(35)19-8-6-10-21(14-19)38-5;1-2/h6,8,10-11,14,17,20H,7,9,12-13,15-16,29H2,1-5H3;1-2H3. The summed E-state index contributed by atoms with van der Waals surface area (Å²) in [7, 11) is 4.90. The predicted molar refractivity (Wildman–Crippen MR) is 160 cm³/mol. The number of anilines is 1. The Kier molecular flexibility index (Phi) is 10.3. The smallest absolute Gasteiger partial charge is 0.278 e. The van der Waals surface area contributed by atoms with Crippen molar-refractivity contribution < 1.29 is 14.3 Å². The maximum Gasteiger partial charge on any atom is 0.278 e. The third-order valence-corrected chi connectivity index (χ3v) is 6.77. The highest BCUT2D eigenvalue weighted by atomic mass is 16.5. The molecule has 3 heterocycles. The van der Waals surface area contributed by atoms with Gasteiger partial charge in [0, 0.05) is 45.3 Å². The number of ether oxygens (including phenoxy) is 1. The molecule has 4 rings (SSSR count). The number of hydrogen-bond acceptors (Lipinski definition) is 7. The van der Waals surface area contributed by atoms with Gasteiger partial charge >= 0.3 is 0 Å². The maximum atomic E-state index is 13.9. The van der Waals surface area contributed by atoms with Gasteiger partial charge in [-0.1, -0.05) is 37.6 Å². The Hall–Kier alpha value is -3.92. The van der Waals surface area contributed by atoms with Crippen LogP contribution in [-0.4, -0.2) is 71.0 Å². The first kappa shape index (κ1) is 30.6. The van der Waals surface area contributed by atoms with E-state index in [-0.39, 0.29) is 29.8 Å². The number of ketones is 1. The molecule has 1 amide bonds. The second-order valence-electron chi connectivity index (χ2n) is 10.2. The van der Waals surface area contributed by atoms with E-state index in [1.165, 1.54) is 22.9 Å². The lowest BCUT2D eigenvalue weighted by Gasteiger charge is -2.34. The van der Waals surface area contributed by atoms with E-state index < -0.39 is 0 Å². The average molecular weight is 551 g/mol. The fraction of sp³-hybridized carbons (Fsp3) is 0.467. The van der Waals surface area contributed by atoms with Crippen LogP contribution in [-0.2, 0) is 13.1 Å². The van der Waals surface area contributed by atoms with Crippen LogP contribution < -0.4 is 20.9 Å². The molecule has 0 saturated carbocycles. The van der Waals surface area contributed by atoms with Gasteiger partial charge in [0.1, 0.15) is 28.2 Å². The van der Waals surface area contributed by atoms with Crippen LogP contribution in [0.3, 0.4) is 0 Å². The van der Waals surface area contributed by atoms with Gasteiger partial charge in [0.15, 0.2) is 5.78 Å². The summed E-state index contributed by atoms with van der Waals surface area (Å²) in [5, 5.41) is 0. The molecule has 10 heteroatoms. The van der Waals surface area contributed by atoms with Crippen LogP contribution in [0.2, 0.25) is 0 Å². The minimum absolute atomic E-state index is 0.0360. The highest BCUT2D eigenvalue weighted by Crippen LogP contribution is 2.33. The average Bonchev–Trinajstić information content (AvgIpc) is 3.28. The van der Waals surface area contributed by atoms with Crippen LogP contribution in [0.1, 0.15) is 61.3 Å². The largest absolute Gasteiger partial charge is 0.497 e. The zero-order valence-corrected chi connectivity index (χ0v) is 24.7. The number of carbonyl (C=O) groups excluding carboxylic acids is 2. The Bertz CT molecular complexity index is 1450. The van der Waals surface area contributed by atoms with Crippen molar-refractivity contribution in [3.63, 3.8) is 0 Å². The Morgan fingerprint density at radius 2 is 1.95 bits per heavy atom. The first-order chi connectivity index (χ1) is 19.1. The summed E-state index contributed by atoms with van der Waals surface area (Å²) in [4.78, 5) is 48.7. The molecule has 40 heavy (non-hydrogen) atoms. The van der Waals surface area contributed by atoms with Crippen molar-refractivity contribution in [2.45, 2.75) is 59.7 Å². The second-order valence-corrected chi connectivity index (χ2v) is 10.2. The molecule has 2 N–H and O–H groups in total. The highest BCUT2D eigenvalue weighted by molar-refractivity contribution is 6.10. The highest BCUT2D eigenvalue weighted by Gasteiger charge is 2.32. The molecule has 10 nitrogen and oxygen atoms in total. The van der Waals surface area contributed by atoms with Gasteiger partial charge in [0.2, 0.25) is 0 Å². The van der Waals surface area contributed by atoms with Crippen molar-refractivity contribution in [2.75, 3.05) is 39.2 Å². The van der Waals surface area contributed by atoms with Gasteiger partial charge in [0.25, 0.3) is 11.5 Å². The Morgan fingerprint density at radius 3 is 2.58 bits per heavy atom. The number of amides is 1. The van der Waals surface area contributed by atoms with Gasteiger partial charge in [-0.05, 0) is 38.8 Å². The number of carbonyl (C=O) groups is 2. The molecule has 1 unspecified atom stereocenters. The molecule has 1 aliphatic rings. The van der Waals surface area contributed by atoms with Crippen LogP contribution in [0.5, 0.6) is 5.75 Å². The number of methoxy groups -OCH3 is 1. The molecule has 1 atom stereocenters. The SMILES string of the molecule is CC.COc1cccc(C(=O)Cn2cnc3c(C(=O)N(C)C)c(N4CCCC(N)C4)n(CC=C(C)C)c3c2=O)c1. The summed E-state index contributed by atoms with van der Waals surface area (Å²) < 4.78 is 8.39. The van der Waals surface area contributed by atoms with Gasteiger partial charge < -0.3 is 24.8 Å². The first-order valence-electron chi connectivity index (χ1n) is 13.8. The second kappa shape index (κ2) is 13.4. The van der Waals surface area contributed by atoms with Gasteiger partial charge in [-0.15, -0.1) is 0 Å². The molecular formula is C30H42N6O4. The maximum absolute atomic E-state index is 13.9. The summed E-state index contributed by atoms with van der Waals surface area (Å²) in [5.74, 6) is 0.718. The number of nitrogens with zero attached hydrogens (tertiary/aromatic N) is 5. The van der Waals surface area contributed by atoms with Gasteiger partial charge in [-0.3, -0.25) is 19.0 Å². The van der Waals surface area contributed by atoms with Crippen molar-refractivity contribution in [1.82, 2.24) is 19.0 Å². The lowest BCUT2D eigenvalue weighted by molar-refractivity contribution is 0.0829. The van der Waals surface area contributed by atoms with E-state index in [0.717, 1.165) is 25.0 Å². The number of piperidine rings is 1. The Labute approximate surface area is 236 Å². The molecule has 1 aliphatic heterocycles. The molecular weight excluding hydrogens is 508 g/mol. The van der Waals surface area contributed by atoms with Crippen molar-refractivity contribution in [2.24, 2.45) is 5.73 Å². The molecule has 216 valence electrons. The van der Waals surface area contributed by atoms with Crippen LogP contribution in [0.25, 0.3) is 11.0 Å². The van der Waals surface area contributed by atoms with E-state index in [9.17, 15) is 14.4 Å².